The number of hydrogen-bond donors (Lipinski definition) is 0. The highest BCUT2D eigenvalue weighted by Crippen LogP contribution is 2.33. The molecular formula is C14H16BrN3OS. The van der Waals surface area contributed by atoms with Crippen LogP contribution in [0.25, 0.3) is 0 Å². The van der Waals surface area contributed by atoms with Crippen LogP contribution in [0, 0.1) is 6.92 Å². The first-order valence-electron chi connectivity index (χ1n) is 6.59. The molecule has 2 heterocycles. The molecule has 20 heavy (non-hydrogen) atoms. The minimum absolute atomic E-state index is 0.120. The molecule has 0 aliphatic heterocycles. The maximum absolute atomic E-state index is 12.7. The second kappa shape index (κ2) is 5.33. The zero-order valence-electron chi connectivity index (χ0n) is 11.5. The molecule has 1 fully saturated rings. The quantitative estimate of drug-likeness (QED) is 0.845. The molecule has 0 spiro atoms. The Kier molecular flexibility index (Phi) is 3.69. The average Bonchev–Trinajstić information content (AvgIpc) is 3.10. The number of carbonyl (C=O) groups is 1. The molecule has 2 aromatic heterocycles. The van der Waals surface area contributed by atoms with Gasteiger partial charge in [-0.05, 0) is 47.3 Å². The summed E-state index contributed by atoms with van der Waals surface area (Å²) in [4.78, 5) is 19.8. The van der Waals surface area contributed by atoms with Crippen LogP contribution in [-0.2, 0) is 13.6 Å². The van der Waals surface area contributed by atoms with Gasteiger partial charge < -0.3 is 9.47 Å². The van der Waals surface area contributed by atoms with E-state index in [0.717, 1.165) is 32.9 Å². The molecule has 0 bridgehead atoms. The highest BCUT2D eigenvalue weighted by Gasteiger charge is 2.34. The number of hydrogen-bond acceptors (Lipinski definition) is 3. The molecule has 1 amide bonds. The van der Waals surface area contributed by atoms with E-state index >= 15 is 0 Å². The van der Waals surface area contributed by atoms with E-state index in [2.05, 4.69) is 20.9 Å². The smallest absolute Gasteiger partial charge is 0.264 e. The molecule has 2 aromatic rings. The zero-order chi connectivity index (χ0) is 14.3. The highest BCUT2D eigenvalue weighted by molar-refractivity contribution is 9.11. The van der Waals surface area contributed by atoms with Gasteiger partial charge in [-0.1, -0.05) is 0 Å². The lowest BCUT2D eigenvalue weighted by Crippen LogP contribution is -2.33. The second-order valence-corrected chi connectivity index (χ2v) is 7.56. The van der Waals surface area contributed by atoms with Crippen molar-refractivity contribution < 1.29 is 4.79 Å². The van der Waals surface area contributed by atoms with Gasteiger partial charge in [0.15, 0.2) is 0 Å². The van der Waals surface area contributed by atoms with E-state index in [-0.39, 0.29) is 5.91 Å². The van der Waals surface area contributed by atoms with E-state index in [1.165, 1.54) is 11.3 Å². The summed E-state index contributed by atoms with van der Waals surface area (Å²) in [5.74, 6) is 1.05. The van der Waals surface area contributed by atoms with Crippen LogP contribution in [0.3, 0.4) is 0 Å². The molecule has 1 aliphatic carbocycles. The number of imidazole rings is 1. The standard InChI is InChI=1S/C14H16BrN3OS/c1-9-7-11(20-13(9)15)14(19)18(10-3-4-10)8-12-16-5-6-17(12)2/h5-7,10H,3-4,8H2,1-2H3. The Hall–Kier alpha value is -1.14. The van der Waals surface area contributed by atoms with Crippen LogP contribution >= 0.6 is 27.3 Å². The van der Waals surface area contributed by atoms with Gasteiger partial charge in [-0.3, -0.25) is 4.79 Å². The fourth-order valence-corrected chi connectivity index (χ4v) is 3.65. The number of aromatic nitrogens is 2. The van der Waals surface area contributed by atoms with Crippen molar-refractivity contribution in [3.8, 4) is 0 Å². The van der Waals surface area contributed by atoms with Crippen molar-refractivity contribution in [3.63, 3.8) is 0 Å². The van der Waals surface area contributed by atoms with E-state index in [1.54, 1.807) is 6.20 Å². The van der Waals surface area contributed by atoms with Crippen molar-refractivity contribution in [3.05, 3.63) is 38.5 Å². The van der Waals surface area contributed by atoms with E-state index in [4.69, 9.17) is 0 Å². The summed E-state index contributed by atoms with van der Waals surface area (Å²) in [5.41, 5.74) is 1.12. The predicted octanol–water partition coefficient (Wildman–Crippen LogP) is 3.36. The summed E-state index contributed by atoms with van der Waals surface area (Å²) >= 11 is 5.00. The Morgan fingerprint density at radius 3 is 2.85 bits per heavy atom. The lowest BCUT2D eigenvalue weighted by Gasteiger charge is -2.21. The molecule has 0 radical (unpaired) electrons. The first kappa shape index (κ1) is 13.8. The topological polar surface area (TPSA) is 38.1 Å². The van der Waals surface area contributed by atoms with Crippen molar-refractivity contribution in [1.29, 1.82) is 0 Å². The third-order valence-electron chi connectivity index (χ3n) is 3.55. The summed E-state index contributed by atoms with van der Waals surface area (Å²) in [6.45, 7) is 2.60. The lowest BCUT2D eigenvalue weighted by molar-refractivity contribution is 0.0729. The second-order valence-electron chi connectivity index (χ2n) is 5.19. The van der Waals surface area contributed by atoms with Gasteiger partial charge in [0.05, 0.1) is 15.2 Å². The number of aryl methyl sites for hydroxylation is 2. The molecule has 1 saturated carbocycles. The largest absolute Gasteiger partial charge is 0.337 e. The minimum atomic E-state index is 0.120. The fraction of sp³-hybridized carbons (Fsp3) is 0.429. The Bertz CT molecular complexity index is 625. The molecule has 6 heteroatoms. The molecule has 106 valence electrons. The summed E-state index contributed by atoms with van der Waals surface area (Å²) < 4.78 is 3.01. The molecule has 0 saturated heterocycles. The molecule has 3 rings (SSSR count). The van der Waals surface area contributed by atoms with Crippen molar-refractivity contribution in [2.45, 2.75) is 32.4 Å². The number of carbonyl (C=O) groups excluding carboxylic acids is 1. The van der Waals surface area contributed by atoms with Crippen molar-refractivity contribution >= 4 is 33.2 Å². The molecule has 0 atom stereocenters. The first-order valence-corrected chi connectivity index (χ1v) is 8.20. The van der Waals surface area contributed by atoms with Crippen LogP contribution in [0.1, 0.15) is 33.9 Å². The number of nitrogens with zero attached hydrogens (tertiary/aromatic N) is 3. The Labute approximate surface area is 130 Å². The van der Waals surface area contributed by atoms with E-state index in [9.17, 15) is 4.79 Å². The van der Waals surface area contributed by atoms with Gasteiger partial charge in [0.1, 0.15) is 5.82 Å². The normalized spacial score (nSPS) is 14.6. The Balaban J connectivity index is 1.83. The van der Waals surface area contributed by atoms with Crippen molar-refractivity contribution in [1.82, 2.24) is 14.5 Å². The van der Waals surface area contributed by atoms with Gasteiger partial charge in [0.2, 0.25) is 0 Å². The Morgan fingerprint density at radius 2 is 2.35 bits per heavy atom. The molecule has 1 aliphatic rings. The number of rotatable bonds is 4. The minimum Gasteiger partial charge on any atom is -0.337 e. The highest BCUT2D eigenvalue weighted by atomic mass is 79.9. The SMILES string of the molecule is Cc1cc(C(=O)N(Cc2nccn2C)C2CC2)sc1Br. The van der Waals surface area contributed by atoms with Crippen LogP contribution in [0.2, 0.25) is 0 Å². The van der Waals surface area contributed by atoms with Crippen LogP contribution in [0.5, 0.6) is 0 Å². The predicted molar refractivity (Wildman–Crippen MR) is 82.9 cm³/mol. The van der Waals surface area contributed by atoms with Crippen LogP contribution in [-0.4, -0.2) is 26.4 Å². The molecular weight excluding hydrogens is 338 g/mol. The fourth-order valence-electron chi connectivity index (χ4n) is 2.16. The summed E-state index contributed by atoms with van der Waals surface area (Å²) in [6, 6.07) is 2.34. The monoisotopic (exact) mass is 353 g/mol. The van der Waals surface area contributed by atoms with E-state index in [1.807, 2.05) is 35.7 Å². The third kappa shape index (κ3) is 2.67. The zero-order valence-corrected chi connectivity index (χ0v) is 13.9. The summed E-state index contributed by atoms with van der Waals surface area (Å²) in [7, 11) is 1.96. The third-order valence-corrected chi connectivity index (χ3v) is 5.67. The molecule has 0 N–H and O–H groups in total. The van der Waals surface area contributed by atoms with Gasteiger partial charge >= 0.3 is 0 Å². The summed E-state index contributed by atoms with van der Waals surface area (Å²) in [6.07, 6.45) is 5.89. The van der Waals surface area contributed by atoms with Gasteiger partial charge in [0.25, 0.3) is 5.91 Å². The first-order chi connectivity index (χ1) is 9.56. The van der Waals surface area contributed by atoms with Gasteiger partial charge in [-0.25, -0.2) is 4.98 Å². The van der Waals surface area contributed by atoms with Gasteiger partial charge in [0, 0.05) is 25.5 Å². The van der Waals surface area contributed by atoms with Gasteiger partial charge in [-0.15, -0.1) is 11.3 Å². The van der Waals surface area contributed by atoms with Crippen molar-refractivity contribution in [2.75, 3.05) is 0 Å². The van der Waals surface area contributed by atoms with Crippen LogP contribution in [0.15, 0.2) is 22.2 Å². The van der Waals surface area contributed by atoms with Crippen molar-refractivity contribution in [2.24, 2.45) is 7.05 Å². The Morgan fingerprint density at radius 1 is 1.60 bits per heavy atom. The maximum Gasteiger partial charge on any atom is 0.264 e. The van der Waals surface area contributed by atoms with Crippen LogP contribution < -0.4 is 0 Å². The maximum atomic E-state index is 12.7. The molecule has 0 unspecified atom stereocenters. The van der Waals surface area contributed by atoms with Gasteiger partial charge in [-0.2, -0.15) is 0 Å². The lowest BCUT2D eigenvalue weighted by atomic mass is 10.3. The number of thiophene rings is 1. The van der Waals surface area contributed by atoms with Crippen LogP contribution in [0.4, 0.5) is 0 Å². The number of amides is 1. The molecule has 0 aromatic carbocycles. The summed E-state index contributed by atoms with van der Waals surface area (Å²) in [5, 5.41) is 0. The van der Waals surface area contributed by atoms with E-state index < -0.39 is 0 Å². The molecule has 4 nitrogen and oxygen atoms in total. The average molecular weight is 354 g/mol. The van der Waals surface area contributed by atoms with E-state index in [0.29, 0.717) is 12.6 Å². The number of halogens is 1.